The number of thioether (sulfide) groups is 1. The maximum atomic E-state index is 11.3. The lowest BCUT2D eigenvalue weighted by molar-refractivity contribution is -0.113. The maximum absolute atomic E-state index is 11.3. The van der Waals surface area contributed by atoms with Crippen LogP contribution in [-0.2, 0) is 11.2 Å². The summed E-state index contributed by atoms with van der Waals surface area (Å²) in [5, 5.41) is 5.25. The minimum Gasteiger partial charge on any atom is -0.295 e. The molecule has 0 bridgehead atoms. The lowest BCUT2D eigenvalue weighted by Gasteiger charge is -2.04. The minimum absolute atomic E-state index is 0.118. The molecule has 0 N–H and O–H groups in total. The highest BCUT2D eigenvalue weighted by Gasteiger charge is 2.09. The Kier molecular flexibility index (Phi) is 7.24. The molecule has 0 saturated heterocycles. The zero-order valence-corrected chi connectivity index (χ0v) is 14.6. The number of hydrogen-bond donors (Lipinski definition) is 0. The number of carbonyl (C=O) groups excluding carboxylic acids is 1. The van der Waals surface area contributed by atoms with Crippen LogP contribution < -0.4 is 0 Å². The first-order valence-corrected chi connectivity index (χ1v) is 8.68. The van der Waals surface area contributed by atoms with E-state index in [0.29, 0.717) is 0 Å². The van der Waals surface area contributed by atoms with Gasteiger partial charge in [-0.3, -0.25) is 4.79 Å². The zero-order valence-electron chi connectivity index (χ0n) is 12.9. The van der Waals surface area contributed by atoms with Crippen LogP contribution >= 0.6 is 23.1 Å². The van der Waals surface area contributed by atoms with Gasteiger partial charge in [0, 0.05) is 10.3 Å². The van der Waals surface area contributed by atoms with Crippen molar-refractivity contribution in [2.75, 3.05) is 0 Å². The molecule has 0 aliphatic rings. The number of aromatic nitrogens is 1. The van der Waals surface area contributed by atoms with Crippen molar-refractivity contribution in [3.63, 3.8) is 0 Å². The first-order valence-electron chi connectivity index (χ1n) is 6.92. The van der Waals surface area contributed by atoms with Crippen molar-refractivity contribution in [3.05, 3.63) is 32.6 Å². The van der Waals surface area contributed by atoms with Crippen molar-refractivity contribution in [3.8, 4) is 0 Å². The summed E-state index contributed by atoms with van der Waals surface area (Å²) in [4.78, 5) is 17.1. The Morgan fingerprint density at radius 3 is 2.60 bits per heavy atom. The fourth-order valence-corrected chi connectivity index (χ4v) is 3.35. The van der Waals surface area contributed by atoms with Crippen molar-refractivity contribution in [2.45, 2.75) is 53.9 Å². The van der Waals surface area contributed by atoms with Crippen LogP contribution in [0.1, 0.15) is 58.2 Å². The lowest BCUT2D eigenvalue weighted by Crippen LogP contribution is -1.90. The Morgan fingerprint density at radius 1 is 1.35 bits per heavy atom. The number of thiazole rings is 1. The van der Waals surface area contributed by atoms with E-state index in [1.54, 1.807) is 30.0 Å². The molecule has 0 aliphatic carbocycles. The summed E-state index contributed by atoms with van der Waals surface area (Å²) in [5.74, 6) is 0.118. The van der Waals surface area contributed by atoms with Gasteiger partial charge in [-0.2, -0.15) is 0 Å². The van der Waals surface area contributed by atoms with Gasteiger partial charge in [-0.1, -0.05) is 30.7 Å². The molecular weight excluding hydrogens is 286 g/mol. The summed E-state index contributed by atoms with van der Waals surface area (Å²) >= 11 is 3.33. The van der Waals surface area contributed by atoms with E-state index in [1.807, 2.05) is 12.3 Å². The minimum atomic E-state index is 0.118. The van der Waals surface area contributed by atoms with Crippen LogP contribution in [0.5, 0.6) is 0 Å². The number of carbonyl (C=O) groups is 1. The van der Waals surface area contributed by atoms with Gasteiger partial charge in [0.1, 0.15) is 0 Å². The number of aryl methyl sites for hydroxylation is 1. The highest BCUT2D eigenvalue weighted by Crippen LogP contribution is 2.33. The van der Waals surface area contributed by atoms with Crippen molar-refractivity contribution in [1.29, 1.82) is 0 Å². The van der Waals surface area contributed by atoms with Gasteiger partial charge in [-0.25, -0.2) is 4.98 Å². The fraction of sp³-hybridized carbons (Fsp3) is 0.500. The Bertz CT molecular complexity index is 522. The summed E-state index contributed by atoms with van der Waals surface area (Å²) in [6, 6.07) is 0. The van der Waals surface area contributed by atoms with Crippen LogP contribution in [0, 0.1) is 0 Å². The van der Waals surface area contributed by atoms with Crippen LogP contribution in [0.2, 0.25) is 0 Å². The summed E-state index contributed by atoms with van der Waals surface area (Å²) in [6.07, 6.45) is 3.44. The molecule has 0 spiro atoms. The largest absolute Gasteiger partial charge is 0.295 e. The van der Waals surface area contributed by atoms with Gasteiger partial charge >= 0.3 is 0 Å². The molecule has 0 aromatic carbocycles. The van der Waals surface area contributed by atoms with E-state index in [-0.39, 0.29) is 5.78 Å². The quantitative estimate of drug-likeness (QED) is 0.626. The van der Waals surface area contributed by atoms with E-state index in [1.165, 1.54) is 23.4 Å². The number of rotatable bonds is 7. The van der Waals surface area contributed by atoms with Crippen molar-refractivity contribution in [1.82, 2.24) is 4.98 Å². The van der Waals surface area contributed by atoms with Crippen LogP contribution in [0.3, 0.4) is 0 Å². The third-order valence-electron chi connectivity index (χ3n) is 2.89. The second kappa shape index (κ2) is 8.42. The summed E-state index contributed by atoms with van der Waals surface area (Å²) in [7, 11) is 0. The van der Waals surface area contributed by atoms with Gasteiger partial charge in [-0.15, -0.1) is 11.3 Å². The van der Waals surface area contributed by atoms with Crippen molar-refractivity contribution < 1.29 is 4.79 Å². The molecule has 0 unspecified atom stereocenters. The van der Waals surface area contributed by atoms with E-state index >= 15 is 0 Å². The van der Waals surface area contributed by atoms with Crippen LogP contribution in [0.25, 0.3) is 4.91 Å². The fourth-order valence-electron chi connectivity index (χ4n) is 1.52. The molecule has 0 atom stereocenters. The number of unbranched alkanes of at least 4 members (excludes halogenated alkanes) is 1. The van der Waals surface area contributed by atoms with Crippen LogP contribution in [-0.4, -0.2) is 10.8 Å². The first kappa shape index (κ1) is 17.2. The normalized spacial score (nSPS) is 11.6. The molecule has 1 heterocycles. The number of hydrogen-bond acceptors (Lipinski definition) is 4. The standard InChI is InChI=1S/C16H23NOS2/c1-6-7-8-15-17-14(10-19-15)16(11(2)3)20-9-12(4)13(5)18/h9-10H,6-8H2,1-5H3/b12-9+. The highest BCUT2D eigenvalue weighted by molar-refractivity contribution is 8.11. The second-order valence-corrected chi connectivity index (χ2v) is 6.86. The topological polar surface area (TPSA) is 30.0 Å². The number of nitrogens with zero attached hydrogens (tertiary/aromatic N) is 1. The molecule has 0 amide bonds. The van der Waals surface area contributed by atoms with E-state index in [0.717, 1.165) is 22.6 Å². The summed E-state index contributed by atoms with van der Waals surface area (Å²) < 4.78 is 0. The molecule has 110 valence electrons. The van der Waals surface area contributed by atoms with Gasteiger partial charge in [0.25, 0.3) is 0 Å². The Balaban J connectivity index is 2.88. The average Bonchev–Trinajstić information content (AvgIpc) is 2.84. The molecule has 1 aromatic rings. The number of allylic oxidation sites excluding steroid dienone is 2. The Hall–Kier alpha value is -0.870. The van der Waals surface area contributed by atoms with Crippen LogP contribution in [0.4, 0.5) is 0 Å². The molecule has 2 nitrogen and oxygen atoms in total. The number of ketones is 1. The molecular formula is C16H23NOS2. The van der Waals surface area contributed by atoms with Crippen LogP contribution in [0.15, 0.2) is 21.9 Å². The summed E-state index contributed by atoms with van der Waals surface area (Å²) in [6.45, 7) is 9.82. The van der Waals surface area contributed by atoms with Gasteiger partial charge in [0.05, 0.1) is 10.7 Å². The van der Waals surface area contributed by atoms with Gasteiger partial charge in [-0.05, 0) is 51.5 Å². The SMILES string of the molecule is CCCCc1nc(C(S/C=C(\C)C(C)=O)=C(C)C)cs1. The molecule has 20 heavy (non-hydrogen) atoms. The Morgan fingerprint density at radius 2 is 2.05 bits per heavy atom. The smallest absolute Gasteiger partial charge is 0.156 e. The van der Waals surface area contributed by atoms with E-state index in [2.05, 4.69) is 26.2 Å². The maximum Gasteiger partial charge on any atom is 0.156 e. The monoisotopic (exact) mass is 309 g/mol. The molecule has 0 fully saturated rings. The first-order chi connectivity index (χ1) is 9.45. The predicted molar refractivity (Wildman–Crippen MR) is 91.0 cm³/mol. The van der Waals surface area contributed by atoms with E-state index < -0.39 is 0 Å². The molecule has 0 aliphatic heterocycles. The average molecular weight is 310 g/mol. The van der Waals surface area contributed by atoms with Gasteiger partial charge < -0.3 is 0 Å². The molecule has 4 heteroatoms. The van der Waals surface area contributed by atoms with Crippen molar-refractivity contribution in [2.24, 2.45) is 0 Å². The van der Waals surface area contributed by atoms with E-state index in [9.17, 15) is 4.79 Å². The third kappa shape index (κ3) is 5.25. The lowest BCUT2D eigenvalue weighted by atomic mass is 10.2. The molecule has 1 rings (SSSR count). The van der Waals surface area contributed by atoms with Gasteiger partial charge in [0.2, 0.25) is 0 Å². The highest BCUT2D eigenvalue weighted by atomic mass is 32.2. The van der Waals surface area contributed by atoms with Gasteiger partial charge in [0.15, 0.2) is 5.78 Å². The van der Waals surface area contributed by atoms with Crippen molar-refractivity contribution >= 4 is 33.8 Å². The molecule has 0 radical (unpaired) electrons. The molecule has 0 saturated carbocycles. The number of Topliss-reactive ketones (excluding diaryl/α,β-unsaturated/α-hetero) is 1. The van der Waals surface area contributed by atoms with E-state index in [4.69, 9.17) is 4.98 Å². The third-order valence-corrected chi connectivity index (χ3v) is 5.12. The Labute approximate surface area is 130 Å². The predicted octanol–water partition coefficient (Wildman–Crippen LogP) is 5.46. The summed E-state index contributed by atoms with van der Waals surface area (Å²) in [5.41, 5.74) is 3.06. The molecule has 1 aromatic heterocycles. The zero-order chi connectivity index (χ0) is 15.1. The second-order valence-electron chi connectivity index (χ2n) is 5.03.